The van der Waals surface area contributed by atoms with Crippen LogP contribution in [-0.2, 0) is 9.53 Å². The molecule has 112 valence electrons. The third-order valence-corrected chi connectivity index (χ3v) is 3.70. The van der Waals surface area contributed by atoms with E-state index in [1.165, 1.54) is 6.33 Å². The van der Waals surface area contributed by atoms with Crippen LogP contribution in [0.2, 0.25) is 0 Å². The molecule has 7 nitrogen and oxygen atoms in total. The normalized spacial score (nSPS) is 18.8. The van der Waals surface area contributed by atoms with Crippen LogP contribution in [0.5, 0.6) is 0 Å². The Bertz CT molecular complexity index is 409. The van der Waals surface area contributed by atoms with Crippen LogP contribution in [0.1, 0.15) is 19.4 Å². The molecule has 0 saturated carbocycles. The first-order valence-electron chi connectivity index (χ1n) is 7.06. The molecule has 0 N–H and O–H groups in total. The van der Waals surface area contributed by atoms with Gasteiger partial charge in [-0.2, -0.15) is 5.10 Å². The summed E-state index contributed by atoms with van der Waals surface area (Å²) in [7, 11) is 1.72. The minimum Gasteiger partial charge on any atom is -0.383 e. The van der Waals surface area contributed by atoms with E-state index in [4.69, 9.17) is 4.74 Å². The Balaban J connectivity index is 1.88. The number of ether oxygens (including phenoxy) is 1. The highest BCUT2D eigenvalue weighted by atomic mass is 16.5. The van der Waals surface area contributed by atoms with Crippen LogP contribution in [0.15, 0.2) is 12.7 Å². The molecular weight excluding hydrogens is 258 g/mol. The van der Waals surface area contributed by atoms with Crippen molar-refractivity contribution in [2.75, 3.05) is 46.4 Å². The Morgan fingerprint density at radius 2 is 2.20 bits per heavy atom. The second-order valence-electron chi connectivity index (χ2n) is 5.06. The highest BCUT2D eigenvalue weighted by Crippen LogP contribution is 2.11. The lowest BCUT2D eigenvalue weighted by Crippen LogP contribution is -2.39. The van der Waals surface area contributed by atoms with Crippen molar-refractivity contribution in [1.82, 2.24) is 24.6 Å². The maximum Gasteiger partial charge on any atom is 0.247 e. The summed E-state index contributed by atoms with van der Waals surface area (Å²) in [6.07, 6.45) is 4.05. The van der Waals surface area contributed by atoms with Crippen LogP contribution in [0.4, 0.5) is 0 Å². The summed E-state index contributed by atoms with van der Waals surface area (Å²) in [4.78, 5) is 20.6. The van der Waals surface area contributed by atoms with Crippen molar-refractivity contribution < 1.29 is 9.53 Å². The van der Waals surface area contributed by atoms with Crippen LogP contribution in [-0.4, -0.2) is 76.9 Å². The lowest BCUT2D eigenvalue weighted by Gasteiger charge is -2.24. The van der Waals surface area contributed by atoms with Gasteiger partial charge in [0.1, 0.15) is 18.7 Å². The standard InChI is InChI=1S/C13H23N5O2/c1-12(18-11-14-10-15-18)13(19)17-5-3-4-16(6-7-17)8-9-20-2/h10-12H,3-9H2,1-2H3. The van der Waals surface area contributed by atoms with E-state index in [0.29, 0.717) is 0 Å². The summed E-state index contributed by atoms with van der Waals surface area (Å²) >= 11 is 0. The Morgan fingerprint density at radius 3 is 2.90 bits per heavy atom. The number of methoxy groups -OCH3 is 1. The number of carbonyl (C=O) groups excluding carboxylic acids is 1. The lowest BCUT2D eigenvalue weighted by molar-refractivity contribution is -0.134. The predicted octanol–water partition coefficient (Wildman–Crippen LogP) is 0.0198. The van der Waals surface area contributed by atoms with Gasteiger partial charge in [0.05, 0.1) is 6.61 Å². The molecule has 1 atom stereocenters. The van der Waals surface area contributed by atoms with Gasteiger partial charge < -0.3 is 9.64 Å². The van der Waals surface area contributed by atoms with Gasteiger partial charge in [0.2, 0.25) is 5.91 Å². The molecule has 2 heterocycles. The first-order chi connectivity index (χ1) is 9.72. The average Bonchev–Trinajstić information content (AvgIpc) is 2.90. The Labute approximate surface area is 119 Å². The number of hydrogen-bond acceptors (Lipinski definition) is 5. The predicted molar refractivity (Wildman–Crippen MR) is 74.2 cm³/mol. The SMILES string of the molecule is COCCN1CCCN(C(=O)C(C)n2cncn2)CC1. The van der Waals surface area contributed by atoms with Crippen molar-refractivity contribution in [3.63, 3.8) is 0 Å². The van der Waals surface area contributed by atoms with Gasteiger partial charge in [-0.15, -0.1) is 0 Å². The van der Waals surface area contributed by atoms with Gasteiger partial charge in [-0.05, 0) is 19.9 Å². The van der Waals surface area contributed by atoms with Gasteiger partial charge in [0.15, 0.2) is 0 Å². The third-order valence-electron chi connectivity index (χ3n) is 3.70. The van der Waals surface area contributed by atoms with Crippen molar-refractivity contribution in [1.29, 1.82) is 0 Å². The first kappa shape index (κ1) is 14.9. The van der Waals surface area contributed by atoms with E-state index in [2.05, 4.69) is 15.0 Å². The van der Waals surface area contributed by atoms with E-state index in [9.17, 15) is 4.79 Å². The van der Waals surface area contributed by atoms with Gasteiger partial charge in [-0.1, -0.05) is 0 Å². The molecule has 1 aliphatic heterocycles. The molecule has 7 heteroatoms. The molecule has 0 radical (unpaired) electrons. The third kappa shape index (κ3) is 3.77. The highest BCUT2D eigenvalue weighted by molar-refractivity contribution is 5.80. The zero-order chi connectivity index (χ0) is 14.4. The molecule has 2 rings (SSSR count). The van der Waals surface area contributed by atoms with E-state index in [-0.39, 0.29) is 11.9 Å². The van der Waals surface area contributed by atoms with E-state index in [1.807, 2.05) is 11.8 Å². The second-order valence-corrected chi connectivity index (χ2v) is 5.06. The van der Waals surface area contributed by atoms with Crippen molar-refractivity contribution >= 4 is 5.91 Å². The fraction of sp³-hybridized carbons (Fsp3) is 0.769. The van der Waals surface area contributed by atoms with Gasteiger partial charge in [0, 0.05) is 33.3 Å². The minimum atomic E-state index is -0.289. The molecular formula is C13H23N5O2. The summed E-state index contributed by atoms with van der Waals surface area (Å²) < 4.78 is 6.71. The summed E-state index contributed by atoms with van der Waals surface area (Å²) in [6, 6.07) is -0.289. The smallest absolute Gasteiger partial charge is 0.247 e. The summed E-state index contributed by atoms with van der Waals surface area (Å²) in [5.74, 6) is 0.115. The largest absolute Gasteiger partial charge is 0.383 e. The van der Waals surface area contributed by atoms with Gasteiger partial charge in [-0.3, -0.25) is 9.69 Å². The van der Waals surface area contributed by atoms with Crippen LogP contribution in [0, 0.1) is 0 Å². The summed E-state index contributed by atoms with van der Waals surface area (Å²) in [5, 5.41) is 4.04. The van der Waals surface area contributed by atoms with Crippen molar-refractivity contribution in [3.8, 4) is 0 Å². The molecule has 1 aliphatic rings. The summed E-state index contributed by atoms with van der Waals surface area (Å²) in [5.41, 5.74) is 0. The molecule has 1 saturated heterocycles. The highest BCUT2D eigenvalue weighted by Gasteiger charge is 2.24. The Morgan fingerprint density at radius 1 is 1.35 bits per heavy atom. The molecule has 1 fully saturated rings. The molecule has 1 aromatic heterocycles. The molecule has 0 aromatic carbocycles. The lowest BCUT2D eigenvalue weighted by atomic mass is 10.2. The van der Waals surface area contributed by atoms with Crippen LogP contribution < -0.4 is 0 Å². The zero-order valence-corrected chi connectivity index (χ0v) is 12.2. The van der Waals surface area contributed by atoms with Gasteiger partial charge in [0.25, 0.3) is 0 Å². The number of nitrogens with zero attached hydrogens (tertiary/aromatic N) is 5. The van der Waals surface area contributed by atoms with Crippen LogP contribution >= 0.6 is 0 Å². The maximum absolute atomic E-state index is 12.5. The molecule has 1 unspecified atom stereocenters. The number of hydrogen-bond donors (Lipinski definition) is 0. The monoisotopic (exact) mass is 281 g/mol. The molecule has 1 amide bonds. The molecule has 0 spiro atoms. The van der Waals surface area contributed by atoms with Crippen molar-refractivity contribution in [3.05, 3.63) is 12.7 Å². The first-order valence-corrected chi connectivity index (χ1v) is 7.06. The van der Waals surface area contributed by atoms with Crippen molar-refractivity contribution in [2.24, 2.45) is 0 Å². The van der Waals surface area contributed by atoms with Crippen LogP contribution in [0.3, 0.4) is 0 Å². The quantitative estimate of drug-likeness (QED) is 0.761. The number of rotatable bonds is 5. The van der Waals surface area contributed by atoms with E-state index in [1.54, 1.807) is 18.1 Å². The number of carbonyl (C=O) groups is 1. The number of amides is 1. The van der Waals surface area contributed by atoms with E-state index in [0.717, 1.165) is 45.8 Å². The Hall–Kier alpha value is -1.47. The maximum atomic E-state index is 12.5. The van der Waals surface area contributed by atoms with Crippen molar-refractivity contribution in [2.45, 2.75) is 19.4 Å². The molecule has 0 aliphatic carbocycles. The second kappa shape index (κ2) is 7.35. The molecule has 1 aromatic rings. The summed E-state index contributed by atoms with van der Waals surface area (Å²) in [6.45, 7) is 7.03. The molecule has 20 heavy (non-hydrogen) atoms. The topological polar surface area (TPSA) is 63.5 Å². The Kier molecular flexibility index (Phi) is 5.49. The van der Waals surface area contributed by atoms with Crippen LogP contribution in [0.25, 0.3) is 0 Å². The zero-order valence-electron chi connectivity index (χ0n) is 12.2. The number of aromatic nitrogens is 3. The van der Waals surface area contributed by atoms with E-state index < -0.39 is 0 Å². The fourth-order valence-electron chi connectivity index (χ4n) is 2.43. The molecule has 0 bridgehead atoms. The minimum absolute atomic E-state index is 0.115. The average molecular weight is 281 g/mol. The van der Waals surface area contributed by atoms with Gasteiger partial charge in [-0.25, -0.2) is 9.67 Å². The fourth-order valence-corrected chi connectivity index (χ4v) is 2.43. The van der Waals surface area contributed by atoms with E-state index >= 15 is 0 Å². The van der Waals surface area contributed by atoms with Gasteiger partial charge >= 0.3 is 0 Å².